The highest BCUT2D eigenvalue weighted by Crippen LogP contribution is 2.18. The van der Waals surface area contributed by atoms with Gasteiger partial charge in [-0.1, -0.05) is 29.8 Å². The standard InChI is InChI=1S/C19H23ClN4O2.HI/c1-21-19(23-12-17(25)14-5-4-6-15(20)11-14)24-10-8-16(13-24)26-18-7-2-3-9-22-18;/h2-7,9,11,16-17,25H,8,10,12-13H2,1H3,(H,21,23);1H. The Morgan fingerprint density at radius 1 is 1.41 bits per heavy atom. The van der Waals surface area contributed by atoms with E-state index in [9.17, 15) is 5.11 Å². The molecule has 0 amide bonds. The second-order valence-electron chi connectivity index (χ2n) is 6.14. The lowest BCUT2D eigenvalue weighted by molar-refractivity contribution is 0.179. The van der Waals surface area contributed by atoms with Gasteiger partial charge in [-0.3, -0.25) is 4.99 Å². The number of nitrogens with zero attached hydrogens (tertiary/aromatic N) is 3. The van der Waals surface area contributed by atoms with Crippen LogP contribution in [0.5, 0.6) is 5.88 Å². The third-order valence-corrected chi connectivity index (χ3v) is 4.50. The van der Waals surface area contributed by atoms with Crippen LogP contribution >= 0.6 is 35.6 Å². The van der Waals surface area contributed by atoms with Crippen molar-refractivity contribution in [3.63, 3.8) is 0 Å². The van der Waals surface area contributed by atoms with E-state index in [0.29, 0.717) is 17.4 Å². The first kappa shape index (κ1) is 21.7. The predicted molar refractivity (Wildman–Crippen MR) is 118 cm³/mol. The Bertz CT molecular complexity index is 747. The first-order valence-corrected chi connectivity index (χ1v) is 9.00. The summed E-state index contributed by atoms with van der Waals surface area (Å²) in [5.74, 6) is 1.39. The van der Waals surface area contributed by atoms with Crippen LogP contribution in [-0.2, 0) is 0 Å². The van der Waals surface area contributed by atoms with Crippen LogP contribution in [-0.4, -0.2) is 53.7 Å². The highest BCUT2D eigenvalue weighted by molar-refractivity contribution is 14.0. The maximum absolute atomic E-state index is 10.4. The summed E-state index contributed by atoms with van der Waals surface area (Å²) in [5.41, 5.74) is 0.776. The summed E-state index contributed by atoms with van der Waals surface area (Å²) >= 11 is 5.98. The second kappa shape index (κ2) is 10.7. The van der Waals surface area contributed by atoms with Crippen LogP contribution in [0.25, 0.3) is 0 Å². The second-order valence-corrected chi connectivity index (χ2v) is 6.58. The fraction of sp³-hybridized carbons (Fsp3) is 0.368. The first-order chi connectivity index (χ1) is 12.7. The average Bonchev–Trinajstić information content (AvgIpc) is 3.11. The topological polar surface area (TPSA) is 70.0 Å². The van der Waals surface area contributed by atoms with Gasteiger partial charge in [0, 0.05) is 43.8 Å². The molecule has 1 aromatic carbocycles. The summed E-state index contributed by atoms with van der Waals surface area (Å²) < 4.78 is 5.91. The molecule has 2 heterocycles. The fourth-order valence-electron chi connectivity index (χ4n) is 2.96. The normalized spacial score (nSPS) is 18.0. The molecular formula is C19H24ClIN4O2. The Hall–Kier alpha value is -1.58. The molecule has 0 aliphatic carbocycles. The van der Waals surface area contributed by atoms with Crippen molar-refractivity contribution in [1.82, 2.24) is 15.2 Å². The number of aliphatic hydroxyl groups excluding tert-OH is 1. The van der Waals surface area contributed by atoms with Gasteiger partial charge in [-0.25, -0.2) is 4.98 Å². The zero-order chi connectivity index (χ0) is 18.4. The van der Waals surface area contributed by atoms with Crippen molar-refractivity contribution in [2.75, 3.05) is 26.7 Å². The molecule has 2 atom stereocenters. The molecule has 2 N–H and O–H groups in total. The van der Waals surface area contributed by atoms with Crippen molar-refractivity contribution in [3.8, 4) is 5.88 Å². The lowest BCUT2D eigenvalue weighted by atomic mass is 10.1. The number of ether oxygens (including phenoxy) is 1. The quantitative estimate of drug-likeness (QED) is 0.374. The molecule has 146 valence electrons. The predicted octanol–water partition coefficient (Wildman–Crippen LogP) is 3.12. The van der Waals surface area contributed by atoms with Crippen LogP contribution in [0.3, 0.4) is 0 Å². The molecular weight excluding hydrogens is 479 g/mol. The molecule has 6 nitrogen and oxygen atoms in total. The number of rotatable bonds is 5. The van der Waals surface area contributed by atoms with E-state index in [4.69, 9.17) is 16.3 Å². The van der Waals surface area contributed by atoms with E-state index < -0.39 is 6.10 Å². The number of hydrogen-bond acceptors (Lipinski definition) is 4. The molecule has 0 radical (unpaired) electrons. The Labute approximate surface area is 181 Å². The van der Waals surface area contributed by atoms with Gasteiger partial charge in [-0.05, 0) is 23.8 Å². The summed E-state index contributed by atoms with van der Waals surface area (Å²) in [4.78, 5) is 10.6. The minimum Gasteiger partial charge on any atom is -0.472 e. The number of aliphatic imine (C=N–C) groups is 1. The molecule has 0 spiro atoms. The molecule has 1 aliphatic heterocycles. The number of halogens is 2. The van der Waals surface area contributed by atoms with Gasteiger partial charge < -0.3 is 20.1 Å². The third kappa shape index (κ3) is 6.22. The van der Waals surface area contributed by atoms with Crippen LogP contribution in [0.1, 0.15) is 18.1 Å². The van der Waals surface area contributed by atoms with E-state index in [1.165, 1.54) is 0 Å². The van der Waals surface area contributed by atoms with Gasteiger partial charge in [-0.2, -0.15) is 0 Å². The molecule has 1 aromatic heterocycles. The number of guanidine groups is 1. The van der Waals surface area contributed by atoms with Gasteiger partial charge >= 0.3 is 0 Å². The monoisotopic (exact) mass is 502 g/mol. The number of aliphatic hydroxyl groups is 1. The highest BCUT2D eigenvalue weighted by Gasteiger charge is 2.26. The molecule has 2 unspecified atom stereocenters. The molecule has 27 heavy (non-hydrogen) atoms. The summed E-state index contributed by atoms with van der Waals surface area (Å²) in [6.45, 7) is 1.92. The van der Waals surface area contributed by atoms with Crippen molar-refractivity contribution in [2.24, 2.45) is 4.99 Å². The number of pyridine rings is 1. The van der Waals surface area contributed by atoms with Gasteiger partial charge in [-0.15, -0.1) is 24.0 Å². The average molecular weight is 503 g/mol. The Balaban J connectivity index is 0.00000261. The molecule has 0 saturated carbocycles. The Morgan fingerprint density at radius 2 is 2.26 bits per heavy atom. The van der Waals surface area contributed by atoms with Gasteiger partial charge in [0.15, 0.2) is 5.96 Å². The number of hydrogen-bond donors (Lipinski definition) is 2. The van der Waals surface area contributed by atoms with E-state index in [2.05, 4.69) is 20.2 Å². The molecule has 2 aromatic rings. The van der Waals surface area contributed by atoms with E-state index in [0.717, 1.165) is 31.0 Å². The van der Waals surface area contributed by atoms with Crippen molar-refractivity contribution in [1.29, 1.82) is 0 Å². The van der Waals surface area contributed by atoms with E-state index in [1.807, 2.05) is 30.3 Å². The summed E-state index contributed by atoms with van der Waals surface area (Å²) in [6, 6.07) is 12.9. The zero-order valence-corrected chi connectivity index (χ0v) is 18.2. The smallest absolute Gasteiger partial charge is 0.213 e. The van der Waals surface area contributed by atoms with Gasteiger partial charge in [0.2, 0.25) is 5.88 Å². The van der Waals surface area contributed by atoms with Crippen molar-refractivity contribution in [2.45, 2.75) is 18.6 Å². The van der Waals surface area contributed by atoms with E-state index in [1.54, 1.807) is 25.4 Å². The maximum Gasteiger partial charge on any atom is 0.213 e. The lowest BCUT2D eigenvalue weighted by Gasteiger charge is -2.23. The van der Waals surface area contributed by atoms with Gasteiger partial charge in [0.1, 0.15) is 6.10 Å². The SMILES string of the molecule is CN=C(NCC(O)c1cccc(Cl)c1)N1CCC(Oc2ccccn2)C1.I. The molecule has 8 heteroatoms. The lowest BCUT2D eigenvalue weighted by Crippen LogP contribution is -2.42. The molecule has 1 saturated heterocycles. The first-order valence-electron chi connectivity index (χ1n) is 8.62. The largest absolute Gasteiger partial charge is 0.472 e. The minimum absolute atomic E-state index is 0. The Morgan fingerprint density at radius 3 is 2.96 bits per heavy atom. The number of benzene rings is 1. The molecule has 1 aliphatic rings. The van der Waals surface area contributed by atoms with Crippen LogP contribution < -0.4 is 10.1 Å². The summed E-state index contributed by atoms with van der Waals surface area (Å²) in [5, 5.41) is 14.2. The number of nitrogens with one attached hydrogen (secondary N) is 1. The van der Waals surface area contributed by atoms with Crippen LogP contribution in [0.4, 0.5) is 0 Å². The van der Waals surface area contributed by atoms with Crippen molar-refractivity contribution < 1.29 is 9.84 Å². The fourth-order valence-corrected chi connectivity index (χ4v) is 3.16. The zero-order valence-electron chi connectivity index (χ0n) is 15.1. The van der Waals surface area contributed by atoms with Crippen molar-refractivity contribution in [3.05, 3.63) is 59.2 Å². The molecule has 0 bridgehead atoms. The highest BCUT2D eigenvalue weighted by atomic mass is 127. The third-order valence-electron chi connectivity index (χ3n) is 4.27. The van der Waals surface area contributed by atoms with Gasteiger partial charge in [0.05, 0.1) is 12.6 Å². The molecule has 3 rings (SSSR count). The minimum atomic E-state index is -0.659. The van der Waals surface area contributed by atoms with E-state index in [-0.39, 0.29) is 30.1 Å². The number of likely N-dealkylation sites (tertiary alicyclic amines) is 1. The van der Waals surface area contributed by atoms with E-state index >= 15 is 0 Å². The Kier molecular flexibility index (Phi) is 8.59. The maximum atomic E-state index is 10.4. The van der Waals surface area contributed by atoms with Gasteiger partial charge in [0.25, 0.3) is 0 Å². The summed E-state index contributed by atoms with van der Waals surface area (Å²) in [6.07, 6.45) is 2.03. The van der Waals surface area contributed by atoms with Crippen LogP contribution in [0.15, 0.2) is 53.7 Å². The molecule has 1 fully saturated rings. The van der Waals surface area contributed by atoms with Crippen LogP contribution in [0.2, 0.25) is 5.02 Å². The number of aromatic nitrogens is 1. The van der Waals surface area contributed by atoms with Crippen molar-refractivity contribution >= 4 is 41.5 Å². The summed E-state index contributed by atoms with van der Waals surface area (Å²) in [7, 11) is 1.74. The van der Waals surface area contributed by atoms with Crippen LogP contribution in [0, 0.1) is 0 Å².